The molecule has 0 aromatic carbocycles. The summed E-state index contributed by atoms with van der Waals surface area (Å²) in [4.78, 5) is 0. The van der Waals surface area contributed by atoms with Crippen molar-refractivity contribution in [2.45, 2.75) is 37.5 Å². The van der Waals surface area contributed by atoms with Crippen LogP contribution in [0.25, 0.3) is 0 Å². The molecule has 0 radical (unpaired) electrons. The molecule has 3 atom stereocenters. The number of ether oxygens (including phenoxy) is 2. The van der Waals surface area contributed by atoms with Crippen LogP contribution in [0.2, 0.25) is 0 Å². The van der Waals surface area contributed by atoms with Crippen LogP contribution >= 0.6 is 12.4 Å². The first-order valence-electron chi connectivity index (χ1n) is 4.35. The third-order valence-corrected chi connectivity index (χ3v) is 2.44. The van der Waals surface area contributed by atoms with Gasteiger partial charge in [-0.15, -0.1) is 12.4 Å². The van der Waals surface area contributed by atoms with Gasteiger partial charge in [0, 0.05) is 12.6 Å². The van der Waals surface area contributed by atoms with Crippen molar-refractivity contribution in [1.29, 1.82) is 0 Å². The molecule has 72 valence electrons. The van der Waals surface area contributed by atoms with E-state index in [0.29, 0.717) is 12.7 Å². The largest absolute Gasteiger partial charge is 0.376 e. The maximum Gasteiger partial charge on any atom is 0.0853 e. The number of nitrogens with two attached hydrogens (primary N) is 1. The molecule has 0 saturated carbocycles. The lowest BCUT2D eigenvalue weighted by Crippen LogP contribution is -2.26. The molecule has 0 amide bonds. The third kappa shape index (κ3) is 2.10. The molecular weight excluding hydrogens is 178 g/mol. The van der Waals surface area contributed by atoms with Gasteiger partial charge in [-0.25, -0.2) is 0 Å². The highest BCUT2D eigenvalue weighted by molar-refractivity contribution is 5.85. The summed E-state index contributed by atoms with van der Waals surface area (Å²) in [5, 5.41) is 0. The summed E-state index contributed by atoms with van der Waals surface area (Å²) in [6, 6.07) is 0.240. The lowest BCUT2D eigenvalue weighted by molar-refractivity contribution is -0.0174. The second-order valence-corrected chi connectivity index (χ2v) is 3.42. The minimum absolute atomic E-state index is 0. The molecule has 2 rings (SSSR count). The molecule has 12 heavy (non-hydrogen) atoms. The topological polar surface area (TPSA) is 44.5 Å². The quantitative estimate of drug-likeness (QED) is 0.667. The molecule has 2 N–H and O–H groups in total. The molecule has 3 nitrogen and oxygen atoms in total. The van der Waals surface area contributed by atoms with Gasteiger partial charge in [0.05, 0.1) is 18.8 Å². The molecule has 0 spiro atoms. The van der Waals surface area contributed by atoms with Gasteiger partial charge < -0.3 is 15.2 Å². The van der Waals surface area contributed by atoms with Crippen molar-refractivity contribution in [2.75, 3.05) is 13.2 Å². The Bertz CT molecular complexity index is 139. The Kier molecular flexibility index (Phi) is 3.77. The van der Waals surface area contributed by atoms with Gasteiger partial charge in [0.1, 0.15) is 0 Å². The summed E-state index contributed by atoms with van der Waals surface area (Å²) in [6.07, 6.45) is 3.93. The van der Waals surface area contributed by atoms with Gasteiger partial charge in [-0.3, -0.25) is 0 Å². The number of hydrogen-bond acceptors (Lipinski definition) is 3. The fourth-order valence-electron chi connectivity index (χ4n) is 1.84. The van der Waals surface area contributed by atoms with Crippen molar-refractivity contribution in [2.24, 2.45) is 5.73 Å². The molecular formula is C8H16ClNO2. The lowest BCUT2D eigenvalue weighted by Gasteiger charge is -2.16. The molecule has 2 heterocycles. The van der Waals surface area contributed by atoms with Crippen molar-refractivity contribution in [3.63, 3.8) is 0 Å². The van der Waals surface area contributed by atoms with Crippen molar-refractivity contribution >= 4 is 12.4 Å². The zero-order chi connectivity index (χ0) is 7.68. The van der Waals surface area contributed by atoms with Crippen molar-refractivity contribution in [3.05, 3.63) is 0 Å². The van der Waals surface area contributed by atoms with Crippen molar-refractivity contribution < 1.29 is 9.47 Å². The first-order valence-corrected chi connectivity index (χ1v) is 4.35. The van der Waals surface area contributed by atoms with Crippen LogP contribution in [0.4, 0.5) is 0 Å². The maximum absolute atomic E-state index is 5.71. The Morgan fingerprint density at radius 3 is 2.50 bits per heavy atom. The van der Waals surface area contributed by atoms with Crippen LogP contribution in [0, 0.1) is 0 Å². The summed E-state index contributed by atoms with van der Waals surface area (Å²) in [5.74, 6) is 0. The van der Waals surface area contributed by atoms with Crippen LogP contribution in [0.1, 0.15) is 19.3 Å². The van der Waals surface area contributed by atoms with E-state index in [1.54, 1.807) is 0 Å². The fraction of sp³-hybridized carbons (Fsp3) is 1.00. The van der Waals surface area contributed by atoms with Gasteiger partial charge >= 0.3 is 0 Å². The minimum atomic E-state index is 0. The van der Waals surface area contributed by atoms with Gasteiger partial charge in [-0.2, -0.15) is 0 Å². The van der Waals surface area contributed by atoms with Crippen LogP contribution in [0.3, 0.4) is 0 Å². The van der Waals surface area contributed by atoms with E-state index in [4.69, 9.17) is 15.2 Å². The molecule has 0 bridgehead atoms. The van der Waals surface area contributed by atoms with E-state index in [-0.39, 0.29) is 24.6 Å². The number of hydrogen-bond donors (Lipinski definition) is 1. The second-order valence-electron chi connectivity index (χ2n) is 3.42. The second kappa shape index (κ2) is 4.42. The monoisotopic (exact) mass is 193 g/mol. The smallest absolute Gasteiger partial charge is 0.0853 e. The fourth-order valence-corrected chi connectivity index (χ4v) is 1.84. The lowest BCUT2D eigenvalue weighted by atomic mass is 10.1. The highest BCUT2D eigenvalue weighted by Crippen LogP contribution is 2.24. The van der Waals surface area contributed by atoms with E-state index in [0.717, 1.165) is 19.4 Å². The summed E-state index contributed by atoms with van der Waals surface area (Å²) in [6.45, 7) is 1.62. The van der Waals surface area contributed by atoms with Gasteiger partial charge in [0.25, 0.3) is 0 Å². The zero-order valence-corrected chi connectivity index (χ0v) is 7.89. The summed E-state index contributed by atoms with van der Waals surface area (Å²) in [7, 11) is 0. The standard InChI is InChI=1S/C8H15NO2.ClH/c9-6-4-8(11-5-6)7-2-1-3-10-7;/h6-8H,1-5,9H2;1H. The van der Waals surface area contributed by atoms with Crippen LogP contribution in [-0.4, -0.2) is 31.5 Å². The van der Waals surface area contributed by atoms with Gasteiger partial charge in [0.15, 0.2) is 0 Å². The molecule has 2 fully saturated rings. The zero-order valence-electron chi connectivity index (χ0n) is 7.07. The summed E-state index contributed by atoms with van der Waals surface area (Å²) >= 11 is 0. The Labute approximate surface area is 79.0 Å². The van der Waals surface area contributed by atoms with Crippen LogP contribution < -0.4 is 5.73 Å². The minimum Gasteiger partial charge on any atom is -0.376 e. The highest BCUT2D eigenvalue weighted by Gasteiger charge is 2.32. The van der Waals surface area contributed by atoms with E-state index in [2.05, 4.69) is 0 Å². The molecule has 2 saturated heterocycles. The van der Waals surface area contributed by atoms with Gasteiger partial charge in [-0.1, -0.05) is 0 Å². The first kappa shape index (κ1) is 10.3. The Morgan fingerprint density at radius 2 is 2.00 bits per heavy atom. The summed E-state index contributed by atoms with van der Waals surface area (Å²) in [5.41, 5.74) is 5.71. The SMILES string of the molecule is Cl.NC1COC(C2CCCO2)C1. The average molecular weight is 194 g/mol. The van der Waals surface area contributed by atoms with Crippen LogP contribution in [0.15, 0.2) is 0 Å². The van der Waals surface area contributed by atoms with Gasteiger partial charge in [0.2, 0.25) is 0 Å². The third-order valence-electron chi connectivity index (χ3n) is 2.44. The molecule has 0 aliphatic carbocycles. The number of rotatable bonds is 1. The normalized spacial score (nSPS) is 41.2. The van der Waals surface area contributed by atoms with E-state index in [9.17, 15) is 0 Å². The molecule has 4 heteroatoms. The summed E-state index contributed by atoms with van der Waals surface area (Å²) < 4.78 is 11.0. The van der Waals surface area contributed by atoms with Crippen LogP contribution in [-0.2, 0) is 9.47 Å². The van der Waals surface area contributed by atoms with E-state index in [1.807, 2.05) is 0 Å². The van der Waals surface area contributed by atoms with Crippen molar-refractivity contribution in [3.8, 4) is 0 Å². The highest BCUT2D eigenvalue weighted by atomic mass is 35.5. The molecule has 0 aromatic heterocycles. The number of halogens is 1. The Morgan fingerprint density at radius 1 is 1.17 bits per heavy atom. The first-order chi connectivity index (χ1) is 5.36. The Balaban J connectivity index is 0.000000720. The molecule has 2 aliphatic rings. The molecule has 3 unspecified atom stereocenters. The molecule has 0 aromatic rings. The molecule has 2 aliphatic heterocycles. The average Bonchev–Trinajstić information content (AvgIpc) is 2.55. The van der Waals surface area contributed by atoms with Gasteiger partial charge in [-0.05, 0) is 19.3 Å². The van der Waals surface area contributed by atoms with E-state index >= 15 is 0 Å². The van der Waals surface area contributed by atoms with Crippen molar-refractivity contribution in [1.82, 2.24) is 0 Å². The Hall–Kier alpha value is 0.170. The predicted octanol–water partition coefficient (Wildman–Crippen LogP) is 0.703. The van der Waals surface area contributed by atoms with E-state index in [1.165, 1.54) is 6.42 Å². The maximum atomic E-state index is 5.71. The van der Waals surface area contributed by atoms with E-state index < -0.39 is 0 Å². The van der Waals surface area contributed by atoms with Crippen LogP contribution in [0.5, 0.6) is 0 Å². The predicted molar refractivity (Wildman–Crippen MR) is 48.6 cm³/mol.